The Labute approximate surface area is 186 Å². The second kappa shape index (κ2) is 6.94. The summed E-state index contributed by atoms with van der Waals surface area (Å²) in [6, 6.07) is 21.0. The molecule has 2 aromatic carbocycles. The molecule has 0 spiro atoms. The monoisotopic (exact) mass is 431 g/mol. The highest BCUT2D eigenvalue weighted by Gasteiger charge is 2.61. The number of carbonyl (C=O) groups excluding carboxylic acids is 1. The van der Waals surface area contributed by atoms with E-state index >= 15 is 0 Å². The number of carbonyl (C=O) groups is 1. The van der Waals surface area contributed by atoms with Crippen molar-refractivity contribution in [3.05, 3.63) is 82.0 Å². The smallest absolute Gasteiger partial charge is 0.409 e. The fourth-order valence-electron chi connectivity index (χ4n) is 6.24. The maximum absolute atomic E-state index is 13.1. The van der Waals surface area contributed by atoms with Gasteiger partial charge in [0.25, 0.3) is 0 Å². The molecule has 2 bridgehead atoms. The van der Waals surface area contributed by atoms with E-state index in [1.165, 1.54) is 27.1 Å². The second-order valence-corrected chi connectivity index (χ2v) is 10.4. The fourth-order valence-corrected chi connectivity index (χ4v) is 7.16. The molecule has 2 aliphatic carbocycles. The van der Waals surface area contributed by atoms with Gasteiger partial charge in [-0.15, -0.1) is 11.3 Å². The lowest BCUT2D eigenvalue weighted by molar-refractivity contribution is -0.105. The topological polar surface area (TPSA) is 49.8 Å². The van der Waals surface area contributed by atoms with Gasteiger partial charge in [0.2, 0.25) is 0 Å². The van der Waals surface area contributed by atoms with Crippen molar-refractivity contribution in [2.75, 3.05) is 26.3 Å². The molecular formula is C26H25NO3S. The molecule has 1 aromatic heterocycles. The Kier molecular flexibility index (Phi) is 4.27. The third kappa shape index (κ3) is 2.87. The third-order valence-electron chi connectivity index (χ3n) is 7.42. The molecule has 0 unspecified atom stereocenters. The molecular weight excluding hydrogens is 406 g/mol. The van der Waals surface area contributed by atoms with Gasteiger partial charge >= 0.3 is 6.09 Å². The molecule has 31 heavy (non-hydrogen) atoms. The van der Waals surface area contributed by atoms with Crippen molar-refractivity contribution in [1.29, 1.82) is 0 Å². The summed E-state index contributed by atoms with van der Waals surface area (Å²) in [6.07, 6.45) is 1.63. The Morgan fingerprint density at radius 3 is 2.29 bits per heavy atom. The van der Waals surface area contributed by atoms with E-state index in [2.05, 4.69) is 53.9 Å². The molecule has 5 heteroatoms. The van der Waals surface area contributed by atoms with Crippen molar-refractivity contribution in [2.24, 2.45) is 5.41 Å². The van der Waals surface area contributed by atoms with E-state index in [9.17, 15) is 9.90 Å². The Hall–Kier alpha value is -2.63. The molecule has 0 atom stereocenters. The minimum Gasteiger partial charge on any atom is -0.448 e. The fraction of sp³-hybridized carbons (Fsp3) is 0.346. The first-order valence-electron chi connectivity index (χ1n) is 10.9. The van der Waals surface area contributed by atoms with Crippen molar-refractivity contribution in [3.8, 4) is 11.1 Å². The van der Waals surface area contributed by atoms with E-state index in [0.717, 1.165) is 12.8 Å². The van der Waals surface area contributed by atoms with Crippen LogP contribution < -0.4 is 0 Å². The Balaban J connectivity index is 1.21. The molecule has 3 fully saturated rings. The summed E-state index contributed by atoms with van der Waals surface area (Å²) < 4.78 is 5.91. The second-order valence-electron chi connectivity index (χ2n) is 9.43. The number of rotatable bonds is 4. The molecule has 158 valence electrons. The zero-order valence-corrected chi connectivity index (χ0v) is 18.1. The number of amides is 1. The van der Waals surface area contributed by atoms with Gasteiger partial charge in [-0.1, -0.05) is 54.6 Å². The normalized spacial score (nSPS) is 26.2. The van der Waals surface area contributed by atoms with Crippen molar-refractivity contribution in [3.63, 3.8) is 0 Å². The first-order valence-corrected chi connectivity index (χ1v) is 11.8. The zero-order valence-electron chi connectivity index (χ0n) is 17.3. The standard InChI is InChI=1S/C26H25NO3S/c28-17-25-13-26(14-25,23-10-5-11-31-23)16-27(15-25)24(29)30-12-22-20-8-3-1-6-18(20)19-7-2-4-9-21(19)22/h1-11,22,28H,12-17H2. The third-order valence-corrected chi connectivity index (χ3v) is 8.54. The summed E-state index contributed by atoms with van der Waals surface area (Å²) in [5, 5.41) is 12.1. The number of thiophene rings is 1. The van der Waals surface area contributed by atoms with Gasteiger partial charge in [0.05, 0.1) is 6.61 Å². The molecule has 4 nitrogen and oxygen atoms in total. The van der Waals surface area contributed by atoms with Gasteiger partial charge < -0.3 is 14.7 Å². The summed E-state index contributed by atoms with van der Waals surface area (Å²) in [4.78, 5) is 16.3. The minimum atomic E-state index is -0.264. The average Bonchev–Trinajstić information content (AvgIpc) is 3.44. The molecule has 1 N–H and O–H groups in total. The highest BCUT2D eigenvalue weighted by Crippen LogP contribution is 2.60. The maximum atomic E-state index is 13.1. The van der Waals surface area contributed by atoms with Crippen molar-refractivity contribution >= 4 is 17.4 Å². The average molecular weight is 432 g/mol. The van der Waals surface area contributed by atoms with Crippen LogP contribution in [0.5, 0.6) is 0 Å². The van der Waals surface area contributed by atoms with Gasteiger partial charge in [0.15, 0.2) is 0 Å². The van der Waals surface area contributed by atoms with E-state index < -0.39 is 0 Å². The molecule has 2 aliphatic heterocycles. The van der Waals surface area contributed by atoms with Crippen LogP contribution in [0.15, 0.2) is 66.0 Å². The number of hydrogen-bond acceptors (Lipinski definition) is 4. The molecule has 3 heterocycles. The number of fused-ring (bicyclic) bond motifs is 5. The lowest BCUT2D eigenvalue weighted by atomic mass is 9.49. The van der Waals surface area contributed by atoms with Crippen molar-refractivity contribution in [2.45, 2.75) is 24.2 Å². The molecule has 1 saturated carbocycles. The number of benzene rings is 2. The van der Waals surface area contributed by atoms with Crippen LogP contribution in [-0.2, 0) is 10.2 Å². The summed E-state index contributed by atoms with van der Waals surface area (Å²) in [5.74, 6) is 0.0636. The van der Waals surface area contributed by atoms with Gasteiger partial charge in [-0.3, -0.25) is 0 Å². The summed E-state index contributed by atoms with van der Waals surface area (Å²) >= 11 is 1.75. The first kappa shape index (κ1) is 19.1. The van der Waals surface area contributed by atoms with Crippen LogP contribution in [0.3, 0.4) is 0 Å². The zero-order chi connectivity index (χ0) is 21.1. The highest BCUT2D eigenvalue weighted by molar-refractivity contribution is 7.10. The van der Waals surface area contributed by atoms with Crippen LogP contribution in [0, 0.1) is 5.41 Å². The summed E-state index contributed by atoms with van der Waals surface area (Å²) in [6.45, 7) is 1.70. The number of aliphatic hydroxyl groups excluding tert-OH is 1. The quantitative estimate of drug-likeness (QED) is 0.631. The van der Waals surface area contributed by atoms with Crippen LogP contribution in [0.2, 0.25) is 0 Å². The number of ether oxygens (including phenoxy) is 1. The molecule has 7 rings (SSSR count). The molecule has 2 saturated heterocycles. The van der Waals surface area contributed by atoms with Crippen molar-refractivity contribution in [1.82, 2.24) is 4.90 Å². The largest absolute Gasteiger partial charge is 0.448 e. The number of piperidine rings is 2. The van der Waals surface area contributed by atoms with Gasteiger partial charge in [0, 0.05) is 34.7 Å². The maximum Gasteiger partial charge on any atom is 0.409 e. The minimum absolute atomic E-state index is 0.0271. The van der Waals surface area contributed by atoms with Crippen LogP contribution in [0.4, 0.5) is 4.79 Å². The Morgan fingerprint density at radius 2 is 1.68 bits per heavy atom. The van der Waals surface area contributed by atoms with Gasteiger partial charge in [-0.05, 0) is 46.5 Å². The molecule has 1 amide bonds. The van der Waals surface area contributed by atoms with Gasteiger partial charge in [0.1, 0.15) is 6.61 Å². The lowest BCUT2D eigenvalue weighted by Crippen LogP contribution is -2.67. The van der Waals surface area contributed by atoms with Crippen LogP contribution in [0.1, 0.15) is 34.8 Å². The van der Waals surface area contributed by atoms with Crippen LogP contribution in [0.25, 0.3) is 11.1 Å². The van der Waals surface area contributed by atoms with E-state index in [1.54, 1.807) is 11.3 Å². The van der Waals surface area contributed by atoms with Gasteiger partial charge in [-0.25, -0.2) is 4.79 Å². The molecule has 4 aliphatic rings. The first-order chi connectivity index (χ1) is 15.1. The number of nitrogens with zero attached hydrogens (tertiary/aromatic N) is 1. The van der Waals surface area contributed by atoms with E-state index in [1.807, 2.05) is 17.0 Å². The summed E-state index contributed by atoms with van der Waals surface area (Å²) in [5.41, 5.74) is 4.69. The van der Waals surface area contributed by atoms with E-state index in [4.69, 9.17) is 4.74 Å². The van der Waals surface area contributed by atoms with Gasteiger partial charge in [-0.2, -0.15) is 0 Å². The predicted octanol–water partition coefficient (Wildman–Crippen LogP) is 5.02. The Morgan fingerprint density at radius 1 is 1.00 bits per heavy atom. The summed E-state index contributed by atoms with van der Waals surface area (Å²) in [7, 11) is 0. The molecule has 0 radical (unpaired) electrons. The van der Waals surface area contributed by atoms with E-state index in [-0.39, 0.29) is 29.4 Å². The predicted molar refractivity (Wildman–Crippen MR) is 121 cm³/mol. The molecule has 3 aromatic rings. The van der Waals surface area contributed by atoms with Crippen LogP contribution in [-0.4, -0.2) is 42.4 Å². The lowest BCUT2D eigenvalue weighted by Gasteiger charge is -2.62. The number of hydrogen-bond donors (Lipinski definition) is 1. The highest BCUT2D eigenvalue weighted by atomic mass is 32.1. The van der Waals surface area contributed by atoms with E-state index in [0.29, 0.717) is 19.7 Å². The van der Waals surface area contributed by atoms with Crippen molar-refractivity contribution < 1.29 is 14.6 Å². The SMILES string of the molecule is O=C(OCC1c2ccccc2-c2ccccc21)N1CC2(CO)CC(c3cccs3)(C1)C2. The van der Waals surface area contributed by atoms with Crippen LogP contribution >= 0.6 is 11.3 Å². The number of aliphatic hydroxyl groups is 1. The Bertz CT molecular complexity index is 1090.